The number of hydrogen-bond acceptors (Lipinski definition) is 6. The summed E-state index contributed by atoms with van der Waals surface area (Å²) in [6.07, 6.45) is 7.93. The normalized spacial score (nSPS) is 12.4. The minimum Gasteiger partial charge on any atom is -0.480 e. The summed E-state index contributed by atoms with van der Waals surface area (Å²) in [5, 5.41) is 12.6. The summed E-state index contributed by atoms with van der Waals surface area (Å²) in [6.45, 7) is 2.52. The van der Waals surface area contributed by atoms with Crippen molar-refractivity contribution in [1.29, 1.82) is 0 Å². The van der Waals surface area contributed by atoms with Crippen LogP contribution in [0.4, 0.5) is 0 Å². The Kier molecular flexibility index (Phi) is 9.76. The SMILES string of the molecule is CCCCS(=O)(=O)Oc1ccc(C[C@H](NCCCCc2ccncc2)C(=O)O)cc1. The second-order valence-electron chi connectivity index (χ2n) is 7.20. The molecule has 1 aromatic carbocycles. The van der Waals surface area contributed by atoms with Crippen molar-refractivity contribution >= 4 is 16.1 Å². The molecule has 0 fully saturated rings. The van der Waals surface area contributed by atoms with Crippen LogP contribution in [-0.4, -0.2) is 42.8 Å². The number of carboxylic acids is 1. The summed E-state index contributed by atoms with van der Waals surface area (Å²) >= 11 is 0. The molecule has 0 aliphatic carbocycles. The fourth-order valence-corrected chi connectivity index (χ4v) is 4.08. The predicted molar refractivity (Wildman–Crippen MR) is 116 cm³/mol. The highest BCUT2D eigenvalue weighted by molar-refractivity contribution is 7.87. The Bertz CT molecular complexity index is 870. The first kappa shape index (κ1) is 23.8. The molecule has 0 spiro atoms. The first-order chi connectivity index (χ1) is 14.4. The third-order valence-corrected chi connectivity index (χ3v) is 5.90. The Labute approximate surface area is 178 Å². The average Bonchev–Trinajstić information content (AvgIpc) is 2.73. The fraction of sp³-hybridized carbons (Fsp3) is 0.455. The second kappa shape index (κ2) is 12.3. The van der Waals surface area contributed by atoms with Crippen molar-refractivity contribution < 1.29 is 22.5 Å². The van der Waals surface area contributed by atoms with Crippen LogP contribution in [-0.2, 0) is 27.8 Å². The summed E-state index contributed by atoms with van der Waals surface area (Å²) in [4.78, 5) is 15.6. The van der Waals surface area contributed by atoms with Gasteiger partial charge >= 0.3 is 16.1 Å². The van der Waals surface area contributed by atoms with E-state index in [-0.39, 0.29) is 11.5 Å². The molecule has 2 N–H and O–H groups in total. The molecule has 1 atom stereocenters. The molecule has 30 heavy (non-hydrogen) atoms. The smallest absolute Gasteiger partial charge is 0.321 e. The lowest BCUT2D eigenvalue weighted by Crippen LogP contribution is -2.39. The molecule has 0 saturated carbocycles. The number of nitrogens with one attached hydrogen (secondary N) is 1. The molecule has 0 bridgehead atoms. The lowest BCUT2D eigenvalue weighted by atomic mass is 10.1. The first-order valence-electron chi connectivity index (χ1n) is 10.3. The molecule has 0 radical (unpaired) electrons. The third-order valence-electron chi connectivity index (χ3n) is 4.66. The van der Waals surface area contributed by atoms with Gasteiger partial charge in [-0.15, -0.1) is 0 Å². The van der Waals surface area contributed by atoms with E-state index in [1.807, 2.05) is 19.1 Å². The van der Waals surface area contributed by atoms with Crippen LogP contribution in [0.25, 0.3) is 0 Å². The number of pyridine rings is 1. The molecule has 0 aliphatic rings. The number of aromatic nitrogens is 1. The zero-order valence-electron chi connectivity index (χ0n) is 17.3. The predicted octanol–water partition coefficient (Wildman–Crippen LogP) is 3.20. The monoisotopic (exact) mass is 434 g/mol. The van der Waals surface area contributed by atoms with Gasteiger partial charge in [0.2, 0.25) is 0 Å². The van der Waals surface area contributed by atoms with Crippen molar-refractivity contribution in [2.45, 2.75) is 51.5 Å². The van der Waals surface area contributed by atoms with Crippen molar-refractivity contribution in [2.24, 2.45) is 0 Å². The lowest BCUT2D eigenvalue weighted by molar-refractivity contribution is -0.139. The van der Waals surface area contributed by atoms with Gasteiger partial charge in [-0.3, -0.25) is 9.78 Å². The summed E-state index contributed by atoms with van der Waals surface area (Å²) in [5.41, 5.74) is 2.02. The standard InChI is InChI=1S/C22H30N2O5S/c1-2-3-16-30(27,28)29-20-9-7-19(8-10-20)17-21(22(25)26)24-13-5-4-6-18-11-14-23-15-12-18/h7-12,14-15,21,24H,2-6,13,16-17H2,1H3,(H,25,26)/t21-/m0/s1. The van der Waals surface area contributed by atoms with Crippen molar-refractivity contribution in [2.75, 3.05) is 12.3 Å². The van der Waals surface area contributed by atoms with Crippen LogP contribution in [0.15, 0.2) is 48.8 Å². The first-order valence-corrected chi connectivity index (χ1v) is 11.8. The number of benzene rings is 1. The molecule has 0 saturated heterocycles. The van der Waals surface area contributed by atoms with Gasteiger partial charge < -0.3 is 14.6 Å². The van der Waals surface area contributed by atoms with Crippen LogP contribution in [0.2, 0.25) is 0 Å². The van der Waals surface area contributed by atoms with E-state index in [9.17, 15) is 18.3 Å². The number of aliphatic carboxylic acids is 1. The van der Waals surface area contributed by atoms with Crippen LogP contribution in [0, 0.1) is 0 Å². The summed E-state index contributed by atoms with van der Waals surface area (Å²) < 4.78 is 28.8. The van der Waals surface area contributed by atoms with E-state index in [2.05, 4.69) is 10.3 Å². The maximum absolute atomic E-state index is 11.9. The fourth-order valence-electron chi connectivity index (χ4n) is 2.95. The highest BCUT2D eigenvalue weighted by atomic mass is 32.2. The molecular weight excluding hydrogens is 404 g/mol. The molecule has 0 unspecified atom stereocenters. The molecule has 1 heterocycles. The maximum Gasteiger partial charge on any atom is 0.321 e. The van der Waals surface area contributed by atoms with Crippen molar-refractivity contribution in [3.63, 3.8) is 0 Å². The third kappa shape index (κ3) is 8.92. The zero-order chi connectivity index (χ0) is 21.8. The summed E-state index contributed by atoms with van der Waals surface area (Å²) in [6, 6.07) is 9.79. The van der Waals surface area contributed by atoms with Gasteiger partial charge in [-0.1, -0.05) is 25.5 Å². The molecule has 8 heteroatoms. The van der Waals surface area contributed by atoms with Crippen molar-refractivity contribution in [1.82, 2.24) is 10.3 Å². The van der Waals surface area contributed by atoms with E-state index in [0.717, 1.165) is 31.2 Å². The molecule has 1 aromatic heterocycles. The van der Waals surface area contributed by atoms with E-state index >= 15 is 0 Å². The number of nitrogens with zero attached hydrogens (tertiary/aromatic N) is 1. The Morgan fingerprint density at radius 2 is 1.77 bits per heavy atom. The van der Waals surface area contributed by atoms with Crippen LogP contribution in [0.1, 0.15) is 43.7 Å². The van der Waals surface area contributed by atoms with E-state index in [1.54, 1.807) is 36.7 Å². The number of carbonyl (C=O) groups is 1. The number of aryl methyl sites for hydroxylation is 1. The minimum atomic E-state index is -3.59. The van der Waals surface area contributed by atoms with E-state index in [1.165, 1.54) is 5.56 Å². The van der Waals surface area contributed by atoms with Crippen LogP contribution < -0.4 is 9.50 Å². The Balaban J connectivity index is 1.79. The van der Waals surface area contributed by atoms with Crippen molar-refractivity contribution in [3.8, 4) is 5.75 Å². The molecule has 164 valence electrons. The van der Waals surface area contributed by atoms with Crippen LogP contribution in [0.3, 0.4) is 0 Å². The van der Waals surface area contributed by atoms with E-state index in [4.69, 9.17) is 4.18 Å². The van der Waals surface area contributed by atoms with Gasteiger partial charge in [0.1, 0.15) is 11.8 Å². The van der Waals surface area contributed by atoms with Gasteiger partial charge in [-0.2, -0.15) is 8.42 Å². The van der Waals surface area contributed by atoms with Gasteiger partial charge in [0.15, 0.2) is 0 Å². The lowest BCUT2D eigenvalue weighted by Gasteiger charge is -2.15. The highest BCUT2D eigenvalue weighted by Gasteiger charge is 2.17. The largest absolute Gasteiger partial charge is 0.480 e. The van der Waals surface area contributed by atoms with Crippen molar-refractivity contribution in [3.05, 3.63) is 59.9 Å². The molecular formula is C22H30N2O5S. The van der Waals surface area contributed by atoms with Crippen LogP contribution >= 0.6 is 0 Å². The van der Waals surface area contributed by atoms with Gasteiger partial charge in [0.25, 0.3) is 0 Å². The average molecular weight is 435 g/mol. The Morgan fingerprint density at radius 1 is 1.07 bits per heavy atom. The van der Waals surface area contributed by atoms with Gasteiger partial charge in [-0.25, -0.2) is 0 Å². The van der Waals surface area contributed by atoms with Crippen LogP contribution in [0.5, 0.6) is 5.75 Å². The number of rotatable bonds is 14. The van der Waals surface area contributed by atoms with E-state index in [0.29, 0.717) is 19.4 Å². The minimum absolute atomic E-state index is 0.0164. The van der Waals surface area contributed by atoms with E-state index < -0.39 is 22.1 Å². The molecule has 0 aliphatic heterocycles. The number of unbranched alkanes of at least 4 members (excludes halogenated alkanes) is 2. The number of hydrogen-bond donors (Lipinski definition) is 2. The summed E-state index contributed by atoms with van der Waals surface area (Å²) in [5.74, 6) is -0.686. The second-order valence-corrected chi connectivity index (χ2v) is 8.89. The number of carboxylic acid groups (broad SMARTS) is 1. The highest BCUT2D eigenvalue weighted by Crippen LogP contribution is 2.16. The quantitative estimate of drug-likeness (QED) is 0.347. The molecule has 2 rings (SSSR count). The zero-order valence-corrected chi connectivity index (χ0v) is 18.1. The topological polar surface area (TPSA) is 106 Å². The summed E-state index contributed by atoms with van der Waals surface area (Å²) in [7, 11) is -3.59. The van der Waals surface area contributed by atoms with Gasteiger partial charge in [0, 0.05) is 12.4 Å². The van der Waals surface area contributed by atoms with Gasteiger partial charge in [0.05, 0.1) is 5.75 Å². The Hall–Kier alpha value is -2.45. The Morgan fingerprint density at radius 3 is 2.40 bits per heavy atom. The molecule has 2 aromatic rings. The van der Waals surface area contributed by atoms with Gasteiger partial charge in [-0.05, 0) is 74.0 Å². The molecule has 0 amide bonds. The maximum atomic E-state index is 11.9. The molecule has 7 nitrogen and oxygen atoms in total.